The quantitative estimate of drug-likeness (QED) is 0.252. The van der Waals surface area contributed by atoms with Gasteiger partial charge in [-0.2, -0.15) is 0 Å². The van der Waals surface area contributed by atoms with E-state index < -0.39 is 0 Å². The molecule has 4 heteroatoms. The second kappa shape index (κ2) is 6.38. The van der Waals surface area contributed by atoms with Crippen molar-refractivity contribution in [2.45, 2.75) is 0 Å². The summed E-state index contributed by atoms with van der Waals surface area (Å²) in [6.07, 6.45) is 0. The molecule has 0 aliphatic carbocycles. The molecule has 0 atom stereocenters. The molecule has 32 heavy (non-hydrogen) atoms. The van der Waals surface area contributed by atoms with Gasteiger partial charge in [-0.05, 0) is 57.6 Å². The van der Waals surface area contributed by atoms with Crippen LogP contribution in [0.5, 0.6) is 0 Å². The van der Waals surface area contributed by atoms with Crippen molar-refractivity contribution in [1.82, 2.24) is 9.38 Å². The van der Waals surface area contributed by atoms with E-state index in [1.807, 2.05) is 36.4 Å². The van der Waals surface area contributed by atoms with Gasteiger partial charge in [-0.3, -0.25) is 9.20 Å². The maximum absolute atomic E-state index is 13.5. The molecule has 7 rings (SSSR count). The number of pyridine rings is 1. The first kappa shape index (κ1) is 17.9. The van der Waals surface area contributed by atoms with Gasteiger partial charge < -0.3 is 0 Å². The summed E-state index contributed by atoms with van der Waals surface area (Å²) in [5, 5.41) is 6.12. The van der Waals surface area contributed by atoms with Crippen molar-refractivity contribution in [3.8, 4) is 11.1 Å². The normalized spacial score (nSPS) is 12.0. The van der Waals surface area contributed by atoms with Gasteiger partial charge in [0.05, 0.1) is 11.0 Å². The lowest BCUT2D eigenvalue weighted by Gasteiger charge is -2.08. The van der Waals surface area contributed by atoms with Crippen LogP contribution in [-0.2, 0) is 0 Å². The van der Waals surface area contributed by atoms with Crippen LogP contribution >= 0.6 is 15.9 Å². The van der Waals surface area contributed by atoms with Crippen LogP contribution in [0.3, 0.4) is 0 Å². The molecule has 0 unspecified atom stereocenters. The molecule has 0 N–H and O–H groups in total. The molecule has 0 radical (unpaired) electrons. The maximum Gasteiger partial charge on any atom is 0.264 e. The predicted octanol–water partition coefficient (Wildman–Crippen LogP) is 7.17. The number of aromatic nitrogens is 2. The Bertz CT molecular complexity index is 1920. The highest BCUT2D eigenvalue weighted by Crippen LogP contribution is 2.34. The molecule has 2 aromatic heterocycles. The van der Waals surface area contributed by atoms with Gasteiger partial charge in [-0.1, -0.05) is 76.6 Å². The number of rotatable bonds is 1. The molecule has 0 amide bonds. The lowest BCUT2D eigenvalue weighted by molar-refractivity contribution is 1.19. The monoisotopic (exact) mass is 474 g/mol. The highest BCUT2D eigenvalue weighted by Gasteiger charge is 2.17. The summed E-state index contributed by atoms with van der Waals surface area (Å²) in [7, 11) is 0. The summed E-state index contributed by atoms with van der Waals surface area (Å²) in [5.74, 6) is 0. The summed E-state index contributed by atoms with van der Waals surface area (Å²) in [6, 6.07) is 31.0. The van der Waals surface area contributed by atoms with Crippen LogP contribution in [-0.4, -0.2) is 9.38 Å². The summed E-state index contributed by atoms with van der Waals surface area (Å²) in [5.41, 5.74) is 4.55. The highest BCUT2D eigenvalue weighted by atomic mass is 79.9. The Labute approximate surface area is 191 Å². The zero-order chi connectivity index (χ0) is 21.4. The van der Waals surface area contributed by atoms with E-state index >= 15 is 0 Å². The smallest absolute Gasteiger partial charge is 0.264 e. The third kappa shape index (κ3) is 2.36. The van der Waals surface area contributed by atoms with Crippen molar-refractivity contribution in [3.63, 3.8) is 0 Å². The van der Waals surface area contributed by atoms with Gasteiger partial charge in [0.2, 0.25) is 0 Å². The number of hydrogen-bond donors (Lipinski definition) is 0. The van der Waals surface area contributed by atoms with Gasteiger partial charge in [0.15, 0.2) is 0 Å². The molecule has 0 saturated carbocycles. The van der Waals surface area contributed by atoms with Crippen molar-refractivity contribution < 1.29 is 0 Å². The van der Waals surface area contributed by atoms with Crippen molar-refractivity contribution in [3.05, 3.63) is 106 Å². The molecule has 7 aromatic rings. The maximum atomic E-state index is 13.5. The molecule has 0 spiro atoms. The average Bonchev–Trinajstić information content (AvgIpc) is 3.22. The van der Waals surface area contributed by atoms with E-state index in [2.05, 4.69) is 70.5 Å². The zero-order valence-corrected chi connectivity index (χ0v) is 18.4. The second-order valence-electron chi connectivity index (χ2n) is 8.16. The summed E-state index contributed by atoms with van der Waals surface area (Å²) in [4.78, 5) is 18.4. The molecule has 0 bridgehead atoms. The van der Waals surface area contributed by atoms with E-state index in [1.54, 1.807) is 4.40 Å². The van der Waals surface area contributed by atoms with Crippen molar-refractivity contribution >= 4 is 64.9 Å². The summed E-state index contributed by atoms with van der Waals surface area (Å²) < 4.78 is 2.74. The number of nitrogens with zero attached hydrogens (tertiary/aromatic N) is 2. The van der Waals surface area contributed by atoms with Gasteiger partial charge in [-0.25, -0.2) is 4.98 Å². The van der Waals surface area contributed by atoms with E-state index in [1.165, 1.54) is 10.8 Å². The fraction of sp³-hybridized carbons (Fsp3) is 0. The largest absolute Gasteiger partial charge is 0.268 e. The van der Waals surface area contributed by atoms with Crippen LogP contribution in [0, 0.1) is 0 Å². The van der Waals surface area contributed by atoms with Crippen molar-refractivity contribution in [2.75, 3.05) is 0 Å². The minimum atomic E-state index is -0.0304. The summed E-state index contributed by atoms with van der Waals surface area (Å²) >= 11 is 3.63. The third-order valence-corrected chi connectivity index (χ3v) is 7.09. The van der Waals surface area contributed by atoms with Crippen LogP contribution in [0.1, 0.15) is 0 Å². The van der Waals surface area contributed by atoms with E-state index in [-0.39, 0.29) is 5.56 Å². The Morgan fingerprint density at radius 1 is 0.688 bits per heavy atom. The molecule has 150 valence electrons. The molecule has 0 saturated heterocycles. The van der Waals surface area contributed by atoms with E-state index in [4.69, 9.17) is 4.98 Å². The Morgan fingerprint density at radius 2 is 1.47 bits per heavy atom. The van der Waals surface area contributed by atoms with Gasteiger partial charge in [-0.15, -0.1) is 0 Å². The van der Waals surface area contributed by atoms with Gasteiger partial charge in [0.1, 0.15) is 5.65 Å². The SMILES string of the molecule is O=c1c2ccc(Br)c3cccc(c32)c2nc3cc(-c4ccc5ccccc5c4)ccc3n12. The number of hydrogen-bond acceptors (Lipinski definition) is 2. The van der Waals surface area contributed by atoms with Crippen molar-refractivity contribution in [2.24, 2.45) is 0 Å². The van der Waals surface area contributed by atoms with Crippen LogP contribution < -0.4 is 5.56 Å². The van der Waals surface area contributed by atoms with Gasteiger partial charge in [0.25, 0.3) is 5.56 Å². The summed E-state index contributed by atoms with van der Waals surface area (Å²) in [6.45, 7) is 0. The molecule has 5 aromatic carbocycles. The Morgan fingerprint density at radius 3 is 2.38 bits per heavy atom. The Balaban J connectivity index is 1.56. The zero-order valence-electron chi connectivity index (χ0n) is 16.8. The fourth-order valence-electron chi connectivity index (χ4n) is 4.87. The van der Waals surface area contributed by atoms with E-state index in [0.29, 0.717) is 11.0 Å². The van der Waals surface area contributed by atoms with E-state index in [9.17, 15) is 4.79 Å². The van der Waals surface area contributed by atoms with Crippen molar-refractivity contribution in [1.29, 1.82) is 0 Å². The predicted molar refractivity (Wildman–Crippen MR) is 136 cm³/mol. The first-order valence-corrected chi connectivity index (χ1v) is 11.3. The standard InChI is InChI=1S/C28H15BrN2O/c29-23-12-11-22-26-20(23)6-3-7-21(26)27-30-24-15-19(10-13-25(24)31(27)28(22)32)18-9-8-16-4-1-2-5-17(16)14-18/h1-15H. The second-order valence-corrected chi connectivity index (χ2v) is 9.02. The van der Waals surface area contributed by atoms with Crippen LogP contribution in [0.25, 0.3) is 60.1 Å². The van der Waals surface area contributed by atoms with Crippen LogP contribution in [0.4, 0.5) is 0 Å². The third-order valence-electron chi connectivity index (χ3n) is 6.40. The fourth-order valence-corrected chi connectivity index (χ4v) is 5.33. The number of benzene rings is 5. The Hall–Kier alpha value is -3.76. The molecule has 0 aliphatic heterocycles. The number of halogens is 1. The minimum absolute atomic E-state index is 0.0304. The number of fused-ring (bicyclic) bond motifs is 5. The average molecular weight is 475 g/mol. The first-order chi connectivity index (χ1) is 15.7. The highest BCUT2D eigenvalue weighted by molar-refractivity contribution is 9.10. The lowest BCUT2D eigenvalue weighted by atomic mass is 10.0. The molecule has 0 aliphatic rings. The molecular weight excluding hydrogens is 460 g/mol. The molecular formula is C28H15BrN2O. The molecule has 2 heterocycles. The Kier molecular flexibility index (Phi) is 3.56. The van der Waals surface area contributed by atoms with Crippen LogP contribution in [0.2, 0.25) is 0 Å². The molecule has 0 fully saturated rings. The van der Waals surface area contributed by atoms with Crippen LogP contribution in [0.15, 0.2) is 100 Å². The lowest BCUT2D eigenvalue weighted by Crippen LogP contribution is -2.13. The number of imidazole rings is 1. The van der Waals surface area contributed by atoms with Gasteiger partial charge in [0, 0.05) is 20.6 Å². The van der Waals surface area contributed by atoms with E-state index in [0.717, 1.165) is 42.8 Å². The first-order valence-electron chi connectivity index (χ1n) is 10.5. The topological polar surface area (TPSA) is 34.4 Å². The minimum Gasteiger partial charge on any atom is -0.268 e. The van der Waals surface area contributed by atoms with Gasteiger partial charge >= 0.3 is 0 Å². The molecule has 3 nitrogen and oxygen atoms in total.